The van der Waals surface area contributed by atoms with Gasteiger partial charge in [0.05, 0.1) is 11.2 Å². The van der Waals surface area contributed by atoms with E-state index in [0.717, 1.165) is 4.31 Å². The second-order valence-electron chi connectivity index (χ2n) is 9.32. The number of hydrogen-bond donors (Lipinski definition) is 2. The molecule has 0 fully saturated rings. The van der Waals surface area contributed by atoms with Gasteiger partial charge in [0.25, 0.3) is 10.0 Å². The van der Waals surface area contributed by atoms with Gasteiger partial charge in [-0.15, -0.1) is 0 Å². The maximum atomic E-state index is 13.7. The summed E-state index contributed by atoms with van der Waals surface area (Å²) in [5.74, 6) is -0.520. The number of ether oxygens (including phenoxy) is 1. The van der Waals surface area contributed by atoms with Gasteiger partial charge < -0.3 is 25.0 Å². The molecule has 14 heteroatoms. The first-order chi connectivity index (χ1) is 19.9. The number of rotatable bonds is 13. The number of carboxylic acid groups (broad SMARTS) is 1. The average Bonchev–Trinajstić information content (AvgIpc) is 2.95. The van der Waals surface area contributed by atoms with Crippen molar-refractivity contribution in [1.82, 2.24) is 14.9 Å². The van der Waals surface area contributed by atoms with E-state index in [1.165, 1.54) is 23.2 Å². The SMILES string of the molecule is CCN(CC)c1ncc(N(CC)S(=O)(=O)c2ccccc2Cl)c(NC(Cc2ccc(OC(=O)N(C)C)cc2)C(=O)O)n1. The number of carbonyl (C=O) groups is 2. The van der Waals surface area contributed by atoms with E-state index in [1.54, 1.807) is 57.4 Å². The lowest BCUT2D eigenvalue weighted by molar-refractivity contribution is -0.137. The number of halogens is 1. The lowest BCUT2D eigenvalue weighted by Gasteiger charge is -2.28. The Bertz CT molecular complexity index is 1500. The molecule has 1 unspecified atom stereocenters. The van der Waals surface area contributed by atoms with Crippen LogP contribution < -0.4 is 19.3 Å². The second-order valence-corrected chi connectivity index (χ2v) is 11.6. The summed E-state index contributed by atoms with van der Waals surface area (Å²) >= 11 is 6.24. The fourth-order valence-corrected chi connectivity index (χ4v) is 6.01. The number of carbonyl (C=O) groups excluding carboxylic acids is 1. The van der Waals surface area contributed by atoms with E-state index >= 15 is 0 Å². The molecular formula is C28H35ClN6O6S. The molecule has 2 N–H and O–H groups in total. The maximum absolute atomic E-state index is 13.7. The van der Waals surface area contributed by atoms with Gasteiger partial charge in [-0.25, -0.2) is 23.0 Å². The topological polar surface area (TPSA) is 145 Å². The minimum absolute atomic E-state index is 0.00107. The number of benzene rings is 2. The zero-order chi connectivity index (χ0) is 31.0. The summed E-state index contributed by atoms with van der Waals surface area (Å²) in [7, 11) is -1.04. The number of amides is 1. The molecule has 0 aliphatic rings. The predicted molar refractivity (Wildman–Crippen MR) is 162 cm³/mol. The minimum atomic E-state index is -4.16. The Kier molecular flexibility index (Phi) is 10.9. The first-order valence-corrected chi connectivity index (χ1v) is 15.1. The van der Waals surface area contributed by atoms with E-state index in [0.29, 0.717) is 30.4 Å². The van der Waals surface area contributed by atoms with Gasteiger partial charge >= 0.3 is 12.1 Å². The molecule has 0 spiro atoms. The first kappa shape index (κ1) is 32.4. The number of carboxylic acids is 1. The van der Waals surface area contributed by atoms with Crippen LogP contribution in [-0.4, -0.2) is 80.2 Å². The lowest BCUT2D eigenvalue weighted by atomic mass is 10.1. The quantitative estimate of drug-likeness (QED) is 0.283. The Morgan fingerprint density at radius 1 is 1.02 bits per heavy atom. The third-order valence-corrected chi connectivity index (χ3v) is 8.69. The summed E-state index contributed by atoms with van der Waals surface area (Å²) in [6.45, 7) is 6.66. The van der Waals surface area contributed by atoms with Crippen LogP contribution in [-0.2, 0) is 21.2 Å². The number of nitrogens with zero attached hydrogens (tertiary/aromatic N) is 5. The Balaban J connectivity index is 2.02. The third-order valence-electron chi connectivity index (χ3n) is 6.31. The summed E-state index contributed by atoms with van der Waals surface area (Å²) < 4.78 is 33.8. The van der Waals surface area contributed by atoms with Crippen molar-refractivity contribution in [2.75, 3.05) is 48.3 Å². The average molecular weight is 619 g/mol. The highest BCUT2D eigenvalue weighted by Gasteiger charge is 2.30. The van der Waals surface area contributed by atoms with Crippen LogP contribution in [0.1, 0.15) is 26.3 Å². The Morgan fingerprint density at radius 2 is 1.67 bits per heavy atom. The van der Waals surface area contributed by atoms with E-state index in [9.17, 15) is 23.1 Å². The lowest BCUT2D eigenvalue weighted by Crippen LogP contribution is -2.36. The highest BCUT2D eigenvalue weighted by molar-refractivity contribution is 7.93. The molecule has 42 heavy (non-hydrogen) atoms. The van der Waals surface area contributed by atoms with Gasteiger partial charge in [-0.1, -0.05) is 35.9 Å². The van der Waals surface area contributed by atoms with Gasteiger partial charge in [-0.2, -0.15) is 4.98 Å². The summed E-state index contributed by atoms with van der Waals surface area (Å²) in [4.78, 5) is 36.3. The van der Waals surface area contributed by atoms with E-state index < -0.39 is 28.1 Å². The van der Waals surface area contributed by atoms with Crippen LogP contribution in [0.15, 0.2) is 59.6 Å². The number of anilines is 3. The van der Waals surface area contributed by atoms with Crippen molar-refractivity contribution >= 4 is 51.1 Å². The maximum Gasteiger partial charge on any atom is 0.414 e. The fraction of sp³-hybridized carbons (Fsp3) is 0.357. The summed E-state index contributed by atoms with van der Waals surface area (Å²) in [5, 5.41) is 13.1. The largest absolute Gasteiger partial charge is 0.480 e. The number of nitrogens with one attached hydrogen (secondary N) is 1. The molecule has 0 radical (unpaired) electrons. The second kappa shape index (κ2) is 14.2. The number of aromatic nitrogens is 2. The van der Waals surface area contributed by atoms with Crippen molar-refractivity contribution < 1.29 is 27.9 Å². The van der Waals surface area contributed by atoms with Crippen LogP contribution in [0, 0.1) is 0 Å². The molecule has 1 aromatic heterocycles. The van der Waals surface area contributed by atoms with Crippen LogP contribution >= 0.6 is 11.6 Å². The summed E-state index contributed by atoms with van der Waals surface area (Å²) in [6, 6.07) is 11.3. The number of hydrogen-bond acceptors (Lipinski definition) is 9. The highest BCUT2D eigenvalue weighted by Crippen LogP contribution is 2.33. The smallest absolute Gasteiger partial charge is 0.414 e. The molecule has 0 aliphatic heterocycles. The predicted octanol–water partition coefficient (Wildman–Crippen LogP) is 4.36. The van der Waals surface area contributed by atoms with Gasteiger partial charge in [-0.05, 0) is 50.6 Å². The van der Waals surface area contributed by atoms with Gasteiger partial charge in [0.15, 0.2) is 5.82 Å². The Morgan fingerprint density at radius 3 is 2.21 bits per heavy atom. The van der Waals surface area contributed by atoms with Crippen molar-refractivity contribution in [2.45, 2.75) is 38.1 Å². The van der Waals surface area contributed by atoms with Crippen molar-refractivity contribution in [3.8, 4) is 5.75 Å². The van der Waals surface area contributed by atoms with Crippen molar-refractivity contribution in [3.63, 3.8) is 0 Å². The van der Waals surface area contributed by atoms with Crippen LogP contribution in [0.25, 0.3) is 0 Å². The molecule has 1 amide bonds. The highest BCUT2D eigenvalue weighted by atomic mass is 35.5. The van der Waals surface area contributed by atoms with Crippen molar-refractivity contribution in [1.29, 1.82) is 0 Å². The first-order valence-electron chi connectivity index (χ1n) is 13.3. The van der Waals surface area contributed by atoms with Crippen molar-refractivity contribution in [3.05, 3.63) is 65.3 Å². The molecule has 0 saturated carbocycles. The van der Waals surface area contributed by atoms with Crippen LogP contribution in [0.3, 0.4) is 0 Å². The molecule has 226 valence electrons. The molecule has 0 aliphatic carbocycles. The molecule has 12 nitrogen and oxygen atoms in total. The van der Waals surface area contributed by atoms with E-state index in [4.69, 9.17) is 16.3 Å². The summed E-state index contributed by atoms with van der Waals surface area (Å²) in [5.41, 5.74) is 0.709. The minimum Gasteiger partial charge on any atom is -0.480 e. The third kappa shape index (κ3) is 7.59. The van der Waals surface area contributed by atoms with Gasteiger partial charge in [0.2, 0.25) is 5.95 Å². The van der Waals surface area contributed by atoms with Crippen LogP contribution in [0.5, 0.6) is 5.75 Å². The zero-order valence-corrected chi connectivity index (χ0v) is 25.7. The molecule has 0 saturated heterocycles. The summed E-state index contributed by atoms with van der Waals surface area (Å²) in [6.07, 6.45) is 0.846. The number of sulfonamides is 1. The zero-order valence-electron chi connectivity index (χ0n) is 24.1. The van der Waals surface area contributed by atoms with E-state index in [2.05, 4.69) is 15.3 Å². The molecule has 0 bridgehead atoms. The number of aliphatic carboxylic acids is 1. The molecular weight excluding hydrogens is 584 g/mol. The standard InChI is InChI=1S/C28H35ClN6O6S/c1-6-34(7-2)27-30-18-23(35(8-3)42(39,40)24-12-10-9-11-21(24)29)25(32-27)31-22(26(36)37)17-19-13-15-20(16-14-19)41-28(38)33(4)5/h9-16,18,22H,6-8,17H2,1-5H3,(H,36,37)(H,30,31,32). The van der Waals surface area contributed by atoms with Gasteiger partial charge in [0.1, 0.15) is 22.4 Å². The Labute approximate surface area is 250 Å². The van der Waals surface area contributed by atoms with Crippen LogP contribution in [0.2, 0.25) is 5.02 Å². The normalized spacial score (nSPS) is 11.9. The van der Waals surface area contributed by atoms with Gasteiger partial charge in [-0.3, -0.25) is 4.31 Å². The van der Waals surface area contributed by atoms with Gasteiger partial charge in [0, 0.05) is 40.2 Å². The van der Waals surface area contributed by atoms with E-state index in [1.807, 2.05) is 18.7 Å². The fourth-order valence-electron chi connectivity index (χ4n) is 4.04. The molecule has 1 heterocycles. The van der Waals surface area contributed by atoms with Crippen LogP contribution in [0.4, 0.5) is 22.2 Å². The molecule has 2 aromatic carbocycles. The van der Waals surface area contributed by atoms with E-state index in [-0.39, 0.29) is 34.4 Å². The van der Waals surface area contributed by atoms with Crippen molar-refractivity contribution in [2.24, 2.45) is 0 Å². The Hall–Kier alpha value is -4.10. The molecule has 1 atom stereocenters. The molecule has 3 aromatic rings. The monoisotopic (exact) mass is 618 g/mol. The molecule has 3 rings (SSSR count).